The van der Waals surface area contributed by atoms with Gasteiger partial charge in [-0.3, -0.25) is 4.79 Å². The van der Waals surface area contributed by atoms with Gasteiger partial charge in [0, 0.05) is 25.2 Å². The molecule has 2 N–H and O–H groups in total. The quantitative estimate of drug-likeness (QED) is 0.830. The highest BCUT2D eigenvalue weighted by Crippen LogP contribution is 2.32. The van der Waals surface area contributed by atoms with Crippen LogP contribution in [0.15, 0.2) is 18.2 Å². The molecule has 0 aliphatic carbocycles. The van der Waals surface area contributed by atoms with E-state index >= 15 is 0 Å². The number of hydrogen-bond acceptors (Lipinski definition) is 5. The number of ketones is 1. The van der Waals surface area contributed by atoms with Gasteiger partial charge in [0.2, 0.25) is 0 Å². The van der Waals surface area contributed by atoms with Gasteiger partial charge in [0.1, 0.15) is 0 Å². The molecule has 0 saturated carbocycles. The Labute approximate surface area is 118 Å². The summed E-state index contributed by atoms with van der Waals surface area (Å²) in [5, 5.41) is 0. The zero-order chi connectivity index (χ0) is 14.0. The molecule has 0 aromatic heterocycles. The second-order valence-corrected chi connectivity index (χ2v) is 5.31. The molecule has 2 aliphatic heterocycles. The Balaban J connectivity index is 1.86. The van der Waals surface area contributed by atoms with Crippen LogP contribution in [0.1, 0.15) is 29.6 Å². The Morgan fingerprint density at radius 3 is 2.50 bits per heavy atom. The van der Waals surface area contributed by atoms with Gasteiger partial charge >= 0.3 is 0 Å². The number of fused-ring (bicyclic) bond motifs is 1. The molecule has 0 unspecified atom stereocenters. The van der Waals surface area contributed by atoms with Crippen molar-refractivity contribution in [3.05, 3.63) is 23.8 Å². The van der Waals surface area contributed by atoms with Gasteiger partial charge in [-0.1, -0.05) is 0 Å². The molecule has 1 aromatic carbocycles. The van der Waals surface area contributed by atoms with Crippen molar-refractivity contribution >= 4 is 5.78 Å². The molecule has 2 heterocycles. The van der Waals surface area contributed by atoms with Crippen LogP contribution >= 0.6 is 0 Å². The molecule has 2 aliphatic rings. The van der Waals surface area contributed by atoms with E-state index in [0.29, 0.717) is 56.3 Å². The highest BCUT2D eigenvalue weighted by atomic mass is 16.5. The van der Waals surface area contributed by atoms with Crippen molar-refractivity contribution in [1.29, 1.82) is 0 Å². The van der Waals surface area contributed by atoms with Crippen LogP contribution < -0.4 is 15.2 Å². The van der Waals surface area contributed by atoms with Crippen molar-refractivity contribution in [2.24, 2.45) is 5.73 Å². The molecule has 5 heteroatoms. The Hall–Kier alpha value is -1.59. The van der Waals surface area contributed by atoms with Gasteiger partial charge in [-0.05, 0) is 31.0 Å². The molecule has 0 bridgehead atoms. The van der Waals surface area contributed by atoms with Crippen LogP contribution in [-0.2, 0) is 4.74 Å². The Bertz CT molecular complexity index is 509. The van der Waals surface area contributed by atoms with Crippen LogP contribution in [0.3, 0.4) is 0 Å². The molecule has 1 saturated heterocycles. The van der Waals surface area contributed by atoms with Crippen molar-refractivity contribution in [2.45, 2.75) is 24.8 Å². The number of ether oxygens (including phenoxy) is 3. The van der Waals surface area contributed by atoms with Gasteiger partial charge in [-0.2, -0.15) is 0 Å². The first kappa shape index (κ1) is 13.4. The lowest BCUT2D eigenvalue weighted by atomic mass is 9.83. The molecule has 5 nitrogen and oxygen atoms in total. The highest BCUT2D eigenvalue weighted by Gasteiger charge is 2.36. The normalized spacial score (nSPS) is 21.1. The minimum atomic E-state index is -0.821. The smallest absolute Gasteiger partial charge is 0.182 e. The standard InChI is InChI=1S/C15H19NO4/c16-15(4-8-18-9-5-15)14(17)11-2-3-12-13(10-11)20-7-1-6-19-12/h2-3,10H,1,4-9,16H2. The molecule has 108 valence electrons. The van der Waals surface area contributed by atoms with Crippen molar-refractivity contribution in [2.75, 3.05) is 26.4 Å². The van der Waals surface area contributed by atoms with Gasteiger partial charge in [0.15, 0.2) is 17.3 Å². The first-order chi connectivity index (χ1) is 9.69. The van der Waals surface area contributed by atoms with Crippen molar-refractivity contribution < 1.29 is 19.0 Å². The molecule has 0 amide bonds. The van der Waals surface area contributed by atoms with Crippen molar-refractivity contribution in [1.82, 2.24) is 0 Å². The molecule has 0 spiro atoms. The third-order valence-electron chi connectivity index (χ3n) is 3.85. The predicted octanol–water partition coefficient (Wildman–Crippen LogP) is 1.54. The number of nitrogens with two attached hydrogens (primary N) is 1. The minimum absolute atomic E-state index is 0.0450. The Morgan fingerprint density at radius 2 is 1.75 bits per heavy atom. The second-order valence-electron chi connectivity index (χ2n) is 5.31. The fourth-order valence-electron chi connectivity index (χ4n) is 2.55. The molecule has 0 radical (unpaired) electrons. The lowest BCUT2D eigenvalue weighted by molar-refractivity contribution is 0.0447. The lowest BCUT2D eigenvalue weighted by Crippen LogP contribution is -2.51. The summed E-state index contributed by atoms with van der Waals surface area (Å²) in [6.07, 6.45) is 1.96. The number of rotatable bonds is 2. The van der Waals surface area contributed by atoms with Gasteiger partial charge < -0.3 is 19.9 Å². The van der Waals surface area contributed by atoms with Crippen molar-refractivity contribution in [3.8, 4) is 11.5 Å². The molecule has 0 atom stereocenters. The average molecular weight is 277 g/mol. The van der Waals surface area contributed by atoms with E-state index in [-0.39, 0.29) is 5.78 Å². The molecule has 1 fully saturated rings. The van der Waals surface area contributed by atoms with Crippen LogP contribution in [0, 0.1) is 0 Å². The molecular formula is C15H19NO4. The third kappa shape index (κ3) is 2.51. The first-order valence-electron chi connectivity index (χ1n) is 7.00. The molecule has 1 aromatic rings. The van der Waals surface area contributed by atoms with Gasteiger partial charge in [0.05, 0.1) is 18.8 Å². The summed E-state index contributed by atoms with van der Waals surface area (Å²) in [7, 11) is 0. The number of hydrogen-bond donors (Lipinski definition) is 1. The maximum atomic E-state index is 12.6. The van der Waals surface area contributed by atoms with Crippen LogP contribution in [0.5, 0.6) is 11.5 Å². The summed E-state index contributed by atoms with van der Waals surface area (Å²) in [6, 6.07) is 5.30. The SMILES string of the molecule is NC1(C(=O)c2ccc3c(c2)OCCCO3)CCOCC1. The van der Waals surface area contributed by atoms with Crippen LogP contribution in [0.2, 0.25) is 0 Å². The van der Waals surface area contributed by atoms with E-state index < -0.39 is 5.54 Å². The summed E-state index contributed by atoms with van der Waals surface area (Å²) < 4.78 is 16.5. The van der Waals surface area contributed by atoms with Gasteiger partial charge in [0.25, 0.3) is 0 Å². The number of carbonyl (C=O) groups excluding carboxylic acids is 1. The van der Waals surface area contributed by atoms with E-state index in [4.69, 9.17) is 19.9 Å². The molecule has 3 rings (SSSR count). The van der Waals surface area contributed by atoms with Crippen molar-refractivity contribution in [3.63, 3.8) is 0 Å². The Kier molecular flexibility index (Phi) is 3.63. The zero-order valence-electron chi connectivity index (χ0n) is 11.4. The van der Waals surface area contributed by atoms with E-state index in [0.717, 1.165) is 6.42 Å². The Morgan fingerprint density at radius 1 is 1.05 bits per heavy atom. The number of Topliss-reactive ketones (excluding diaryl/α,β-unsaturated/α-hetero) is 1. The summed E-state index contributed by atoms with van der Waals surface area (Å²) >= 11 is 0. The van der Waals surface area contributed by atoms with E-state index in [1.807, 2.05) is 0 Å². The third-order valence-corrected chi connectivity index (χ3v) is 3.85. The van der Waals surface area contributed by atoms with Gasteiger partial charge in [-0.15, -0.1) is 0 Å². The van der Waals surface area contributed by atoms with Crippen LogP contribution in [-0.4, -0.2) is 37.7 Å². The summed E-state index contributed by atoms with van der Waals surface area (Å²) in [4.78, 5) is 12.6. The average Bonchev–Trinajstić information content (AvgIpc) is 2.71. The zero-order valence-corrected chi connectivity index (χ0v) is 11.4. The number of carbonyl (C=O) groups is 1. The fourth-order valence-corrected chi connectivity index (χ4v) is 2.55. The van der Waals surface area contributed by atoms with E-state index in [1.165, 1.54) is 0 Å². The number of benzene rings is 1. The van der Waals surface area contributed by atoms with Gasteiger partial charge in [-0.25, -0.2) is 0 Å². The van der Waals surface area contributed by atoms with Crippen LogP contribution in [0.25, 0.3) is 0 Å². The maximum Gasteiger partial charge on any atom is 0.182 e. The monoisotopic (exact) mass is 277 g/mol. The minimum Gasteiger partial charge on any atom is -0.490 e. The fraction of sp³-hybridized carbons (Fsp3) is 0.533. The van der Waals surface area contributed by atoms with E-state index in [9.17, 15) is 4.79 Å². The molecular weight excluding hydrogens is 258 g/mol. The first-order valence-corrected chi connectivity index (χ1v) is 7.00. The highest BCUT2D eigenvalue weighted by molar-refractivity contribution is 6.03. The predicted molar refractivity (Wildman–Crippen MR) is 73.4 cm³/mol. The molecule has 20 heavy (non-hydrogen) atoms. The summed E-state index contributed by atoms with van der Waals surface area (Å²) in [5.41, 5.74) is 6.00. The van der Waals surface area contributed by atoms with E-state index in [1.54, 1.807) is 18.2 Å². The summed E-state index contributed by atoms with van der Waals surface area (Å²) in [6.45, 7) is 2.31. The topological polar surface area (TPSA) is 70.8 Å². The second kappa shape index (κ2) is 5.42. The van der Waals surface area contributed by atoms with Crippen LogP contribution in [0.4, 0.5) is 0 Å². The lowest BCUT2D eigenvalue weighted by Gasteiger charge is -2.31. The largest absolute Gasteiger partial charge is 0.490 e. The maximum absolute atomic E-state index is 12.6. The summed E-state index contributed by atoms with van der Waals surface area (Å²) in [5.74, 6) is 1.28. The van der Waals surface area contributed by atoms with E-state index in [2.05, 4.69) is 0 Å².